The van der Waals surface area contributed by atoms with Crippen molar-refractivity contribution in [2.75, 3.05) is 20.3 Å². The van der Waals surface area contributed by atoms with Gasteiger partial charge in [0.05, 0.1) is 17.5 Å². The van der Waals surface area contributed by atoms with Crippen LogP contribution in [0, 0.1) is 5.92 Å². The molecule has 1 saturated heterocycles. The topological polar surface area (TPSA) is 80.6 Å². The van der Waals surface area contributed by atoms with Crippen molar-refractivity contribution in [1.82, 2.24) is 14.2 Å². The van der Waals surface area contributed by atoms with Crippen molar-refractivity contribution in [1.29, 1.82) is 0 Å². The molecule has 2 fully saturated rings. The lowest BCUT2D eigenvalue weighted by molar-refractivity contribution is -0.138. The quantitative estimate of drug-likeness (QED) is 0.514. The van der Waals surface area contributed by atoms with Crippen LogP contribution in [0.2, 0.25) is 0 Å². The number of hydrogen-bond donors (Lipinski definition) is 1. The standard InChI is InChI=1S/C28H35N3O4S/c1-30-26(20-7-4-3-5-8-20)17-22-12-15-25(18-27(22)30)36(33,34)29-23-13-10-21(11-14-23)28(32)31-16-6-9-24(31)19-35-2/h3-5,7-8,12,15,17-18,21,23-24,29H,6,9-11,13-14,16,19H2,1-2H3/t21?,23?,24-/m1/s1. The van der Waals surface area contributed by atoms with E-state index in [1.165, 1.54) is 0 Å². The van der Waals surface area contributed by atoms with Crippen molar-refractivity contribution in [2.24, 2.45) is 13.0 Å². The molecule has 0 radical (unpaired) electrons. The summed E-state index contributed by atoms with van der Waals surface area (Å²) in [4.78, 5) is 15.3. The molecule has 5 rings (SSSR count). The molecule has 1 saturated carbocycles. The Bertz CT molecular complexity index is 1330. The van der Waals surface area contributed by atoms with Gasteiger partial charge in [-0.1, -0.05) is 36.4 Å². The minimum atomic E-state index is -3.67. The number of likely N-dealkylation sites (tertiary alicyclic amines) is 1. The number of benzene rings is 2. The van der Waals surface area contributed by atoms with Gasteiger partial charge in [-0.3, -0.25) is 4.79 Å². The number of carbonyl (C=O) groups is 1. The smallest absolute Gasteiger partial charge is 0.240 e. The summed E-state index contributed by atoms with van der Waals surface area (Å²) >= 11 is 0. The van der Waals surface area contributed by atoms with Crippen LogP contribution in [0.15, 0.2) is 59.5 Å². The number of nitrogens with zero attached hydrogens (tertiary/aromatic N) is 2. The average Bonchev–Trinajstić information content (AvgIpc) is 3.49. The third-order valence-corrected chi connectivity index (χ3v) is 9.33. The van der Waals surface area contributed by atoms with Gasteiger partial charge in [-0.25, -0.2) is 13.1 Å². The fourth-order valence-corrected chi connectivity index (χ4v) is 7.16. The molecule has 2 aromatic carbocycles. The predicted molar refractivity (Wildman–Crippen MR) is 141 cm³/mol. The summed E-state index contributed by atoms with van der Waals surface area (Å²) in [5, 5.41) is 1.00. The SMILES string of the molecule is COC[C@H]1CCCN1C(=O)C1CCC(NS(=O)(=O)c2ccc3cc(-c4ccccc4)n(C)c3c2)CC1. The first kappa shape index (κ1) is 25.0. The fourth-order valence-electron chi connectivity index (χ4n) is 5.83. The zero-order valence-electron chi connectivity index (χ0n) is 21.0. The van der Waals surface area contributed by atoms with Gasteiger partial charge in [-0.2, -0.15) is 0 Å². The summed E-state index contributed by atoms with van der Waals surface area (Å²) in [5.74, 6) is 0.179. The van der Waals surface area contributed by atoms with Gasteiger partial charge in [0.2, 0.25) is 15.9 Å². The van der Waals surface area contributed by atoms with Crippen LogP contribution in [-0.4, -0.2) is 56.1 Å². The molecule has 0 spiro atoms. The maximum absolute atomic E-state index is 13.3. The van der Waals surface area contributed by atoms with Gasteiger partial charge in [-0.15, -0.1) is 0 Å². The van der Waals surface area contributed by atoms with E-state index in [0.717, 1.165) is 41.5 Å². The van der Waals surface area contributed by atoms with Crippen LogP contribution >= 0.6 is 0 Å². The van der Waals surface area contributed by atoms with Crippen LogP contribution in [0.25, 0.3) is 22.2 Å². The average molecular weight is 510 g/mol. The Kier molecular flexibility index (Phi) is 7.19. The first-order chi connectivity index (χ1) is 17.4. The molecule has 0 unspecified atom stereocenters. The molecule has 3 aromatic rings. The molecule has 1 N–H and O–H groups in total. The number of ether oxygens (including phenoxy) is 1. The molecular formula is C28H35N3O4S. The molecule has 8 heteroatoms. The van der Waals surface area contributed by atoms with Crippen molar-refractivity contribution in [3.05, 3.63) is 54.6 Å². The highest BCUT2D eigenvalue weighted by Gasteiger charge is 2.36. The summed E-state index contributed by atoms with van der Waals surface area (Å²) in [5.41, 5.74) is 3.01. The van der Waals surface area contributed by atoms with Gasteiger partial charge in [0, 0.05) is 49.3 Å². The molecule has 7 nitrogen and oxygen atoms in total. The highest BCUT2D eigenvalue weighted by Crippen LogP contribution is 2.31. The monoisotopic (exact) mass is 509 g/mol. The molecule has 1 aromatic heterocycles. The van der Waals surface area contributed by atoms with Crippen molar-refractivity contribution >= 4 is 26.8 Å². The van der Waals surface area contributed by atoms with E-state index in [2.05, 4.69) is 22.9 Å². The van der Waals surface area contributed by atoms with Gasteiger partial charge in [-0.05, 0) is 62.3 Å². The number of carbonyl (C=O) groups excluding carboxylic acids is 1. The minimum Gasteiger partial charge on any atom is -0.383 e. The second-order valence-corrected chi connectivity index (χ2v) is 11.8. The van der Waals surface area contributed by atoms with Gasteiger partial charge in [0.15, 0.2) is 0 Å². The van der Waals surface area contributed by atoms with Crippen LogP contribution in [0.3, 0.4) is 0 Å². The predicted octanol–water partition coefficient (Wildman–Crippen LogP) is 4.32. The summed E-state index contributed by atoms with van der Waals surface area (Å²) < 4.78 is 36.8. The lowest BCUT2D eigenvalue weighted by Gasteiger charge is -2.33. The molecule has 2 heterocycles. The molecule has 1 aliphatic carbocycles. The fraction of sp³-hybridized carbons (Fsp3) is 0.464. The van der Waals surface area contributed by atoms with E-state index >= 15 is 0 Å². The maximum Gasteiger partial charge on any atom is 0.240 e. The third kappa shape index (κ3) is 4.94. The van der Waals surface area contributed by atoms with E-state index < -0.39 is 10.0 Å². The Morgan fingerprint density at radius 1 is 1.03 bits per heavy atom. The van der Waals surface area contributed by atoms with Crippen molar-refractivity contribution in [3.8, 4) is 11.3 Å². The zero-order chi connectivity index (χ0) is 25.3. The lowest BCUT2D eigenvalue weighted by atomic mass is 9.85. The number of sulfonamides is 1. The zero-order valence-corrected chi connectivity index (χ0v) is 21.8. The summed E-state index contributed by atoms with van der Waals surface area (Å²) in [6.45, 7) is 1.38. The van der Waals surface area contributed by atoms with E-state index in [1.807, 2.05) is 40.8 Å². The number of fused-ring (bicyclic) bond motifs is 1. The van der Waals surface area contributed by atoms with Crippen molar-refractivity contribution in [3.63, 3.8) is 0 Å². The third-order valence-electron chi connectivity index (χ3n) is 7.81. The van der Waals surface area contributed by atoms with Crippen LogP contribution in [0.1, 0.15) is 38.5 Å². The normalized spacial score (nSPS) is 22.8. The van der Waals surface area contributed by atoms with Crippen molar-refractivity contribution in [2.45, 2.75) is 55.5 Å². The largest absolute Gasteiger partial charge is 0.383 e. The first-order valence-corrected chi connectivity index (χ1v) is 14.3. The molecular weight excluding hydrogens is 474 g/mol. The van der Waals surface area contributed by atoms with Gasteiger partial charge >= 0.3 is 0 Å². The highest BCUT2D eigenvalue weighted by atomic mass is 32.2. The minimum absolute atomic E-state index is 0.0284. The molecule has 0 bridgehead atoms. The molecule has 1 amide bonds. The van der Waals surface area contributed by atoms with Crippen LogP contribution in [-0.2, 0) is 26.6 Å². The van der Waals surface area contributed by atoms with E-state index in [-0.39, 0.29) is 28.8 Å². The Labute approximate surface area is 213 Å². The summed E-state index contributed by atoms with van der Waals surface area (Å²) in [7, 11) is -0.0289. The van der Waals surface area contributed by atoms with E-state index in [1.54, 1.807) is 19.2 Å². The lowest BCUT2D eigenvalue weighted by Crippen LogP contribution is -2.44. The van der Waals surface area contributed by atoms with Crippen LogP contribution in [0.4, 0.5) is 0 Å². The Hall–Kier alpha value is -2.68. The Balaban J connectivity index is 1.25. The van der Waals surface area contributed by atoms with Gasteiger partial charge in [0.25, 0.3) is 0 Å². The maximum atomic E-state index is 13.3. The molecule has 36 heavy (non-hydrogen) atoms. The van der Waals surface area contributed by atoms with Crippen molar-refractivity contribution < 1.29 is 17.9 Å². The number of methoxy groups -OCH3 is 1. The molecule has 2 aliphatic rings. The summed E-state index contributed by atoms with van der Waals surface area (Å²) in [6.07, 6.45) is 4.77. The van der Waals surface area contributed by atoms with E-state index in [9.17, 15) is 13.2 Å². The van der Waals surface area contributed by atoms with Gasteiger partial charge < -0.3 is 14.2 Å². The highest BCUT2D eigenvalue weighted by molar-refractivity contribution is 7.89. The second-order valence-electron chi connectivity index (χ2n) is 10.1. The molecule has 1 aliphatic heterocycles. The number of aromatic nitrogens is 1. The number of hydrogen-bond acceptors (Lipinski definition) is 4. The van der Waals surface area contributed by atoms with Crippen LogP contribution in [0.5, 0.6) is 0 Å². The van der Waals surface area contributed by atoms with E-state index in [0.29, 0.717) is 32.3 Å². The number of amides is 1. The Morgan fingerprint density at radius 3 is 2.50 bits per heavy atom. The molecule has 1 atom stereocenters. The summed E-state index contributed by atoms with van der Waals surface area (Å²) in [6, 6.07) is 17.5. The molecule has 192 valence electrons. The second kappa shape index (κ2) is 10.4. The van der Waals surface area contributed by atoms with Crippen LogP contribution < -0.4 is 4.72 Å². The number of nitrogens with one attached hydrogen (secondary N) is 1. The Morgan fingerprint density at radius 2 is 1.78 bits per heavy atom. The first-order valence-electron chi connectivity index (χ1n) is 12.8. The van der Waals surface area contributed by atoms with Gasteiger partial charge in [0.1, 0.15) is 0 Å². The van der Waals surface area contributed by atoms with E-state index in [4.69, 9.17) is 4.74 Å². The number of rotatable bonds is 7. The number of aryl methyl sites for hydroxylation is 1.